The van der Waals surface area contributed by atoms with Gasteiger partial charge in [0, 0.05) is 0 Å². The SMILES string of the molecule is [2H]n1ncc2c(N(C(=O)OC(C)(C)C)C(=O)OC(C)(C)C)nc(Cl)nc21. The molecule has 2 aromatic heterocycles. The summed E-state index contributed by atoms with van der Waals surface area (Å²) < 4.78 is 18.3. The van der Waals surface area contributed by atoms with E-state index in [0.717, 1.165) is 0 Å². The third kappa shape index (κ3) is 4.79. The first kappa shape index (κ1) is 17.4. The van der Waals surface area contributed by atoms with Gasteiger partial charge >= 0.3 is 12.2 Å². The van der Waals surface area contributed by atoms with Crippen LogP contribution in [0.5, 0.6) is 0 Å². The second-order valence-electron chi connectivity index (χ2n) is 7.19. The summed E-state index contributed by atoms with van der Waals surface area (Å²) in [5, 5.41) is 4.34. The van der Waals surface area contributed by atoms with Gasteiger partial charge in [-0.25, -0.2) is 9.59 Å². The monoisotopic (exact) mass is 370 g/mol. The summed E-state index contributed by atoms with van der Waals surface area (Å²) in [5.74, 6) is -0.179. The molecule has 0 spiro atoms. The largest absolute Gasteiger partial charge is 0.443 e. The molecule has 0 aliphatic carbocycles. The summed E-state index contributed by atoms with van der Waals surface area (Å²) in [7, 11) is 0. The Labute approximate surface area is 151 Å². The number of rotatable bonds is 1. The number of hydrogen-bond donors (Lipinski definition) is 1. The Hall–Kier alpha value is -2.42. The zero-order valence-electron chi connectivity index (χ0n) is 15.8. The van der Waals surface area contributed by atoms with E-state index in [-0.39, 0.29) is 22.1 Å². The molecule has 0 aromatic carbocycles. The number of amides is 2. The van der Waals surface area contributed by atoms with Crippen molar-refractivity contribution in [3.8, 4) is 0 Å². The average molecular weight is 371 g/mol. The molecule has 0 unspecified atom stereocenters. The molecule has 0 atom stereocenters. The van der Waals surface area contributed by atoms with Gasteiger partial charge < -0.3 is 9.47 Å². The van der Waals surface area contributed by atoms with Crippen LogP contribution in [0.1, 0.15) is 41.5 Å². The smallest absolute Gasteiger partial charge is 0.425 e. The molecule has 136 valence electrons. The van der Waals surface area contributed by atoms with Crippen molar-refractivity contribution in [3.63, 3.8) is 0 Å². The van der Waals surface area contributed by atoms with E-state index in [2.05, 4.69) is 15.1 Å². The van der Waals surface area contributed by atoms with Gasteiger partial charge in [-0.1, -0.05) is 0 Å². The van der Waals surface area contributed by atoms with Gasteiger partial charge in [-0.15, -0.1) is 0 Å². The fourth-order valence-corrected chi connectivity index (χ4v) is 1.95. The first-order valence-electron chi connectivity index (χ1n) is 7.90. The van der Waals surface area contributed by atoms with Crippen LogP contribution < -0.4 is 4.90 Å². The van der Waals surface area contributed by atoms with Crippen molar-refractivity contribution in [2.75, 3.05) is 4.90 Å². The molecule has 0 fully saturated rings. The molecule has 0 radical (unpaired) electrons. The van der Waals surface area contributed by atoms with Crippen molar-refractivity contribution in [1.82, 2.24) is 20.2 Å². The van der Waals surface area contributed by atoms with Crippen LogP contribution in [0.2, 0.25) is 6.70 Å². The minimum Gasteiger partial charge on any atom is -0.443 e. The summed E-state index contributed by atoms with van der Waals surface area (Å²) in [6, 6.07) is 0. The molecule has 2 aromatic rings. The number of halogens is 1. The lowest BCUT2D eigenvalue weighted by Crippen LogP contribution is -2.44. The Morgan fingerprint density at radius 2 is 1.64 bits per heavy atom. The first-order valence-corrected chi connectivity index (χ1v) is 7.83. The van der Waals surface area contributed by atoms with E-state index >= 15 is 0 Å². The molecule has 0 aliphatic rings. The predicted octanol–water partition coefficient (Wildman–Crippen LogP) is 3.68. The first-order chi connectivity index (χ1) is 11.8. The van der Waals surface area contributed by atoms with Gasteiger partial charge in [-0.2, -0.15) is 20.0 Å². The van der Waals surface area contributed by atoms with Gasteiger partial charge in [0.1, 0.15) is 11.2 Å². The van der Waals surface area contributed by atoms with Crippen molar-refractivity contribution in [2.24, 2.45) is 0 Å². The van der Waals surface area contributed by atoms with E-state index < -0.39 is 23.4 Å². The van der Waals surface area contributed by atoms with Gasteiger partial charge in [0.05, 0.1) is 11.6 Å². The highest BCUT2D eigenvalue weighted by molar-refractivity contribution is 6.29. The fourth-order valence-electron chi connectivity index (χ4n) is 1.79. The third-order valence-corrected chi connectivity index (χ3v) is 2.75. The number of anilines is 1. The lowest BCUT2D eigenvalue weighted by atomic mass is 10.2. The molecule has 9 nitrogen and oxygen atoms in total. The van der Waals surface area contributed by atoms with Crippen LogP contribution in [0.3, 0.4) is 0 Å². The number of imide groups is 1. The lowest BCUT2D eigenvalue weighted by molar-refractivity contribution is 0.0429. The predicted molar refractivity (Wildman–Crippen MR) is 91.6 cm³/mol. The van der Waals surface area contributed by atoms with Gasteiger partial charge in [0.2, 0.25) is 5.28 Å². The Morgan fingerprint density at radius 1 is 1.12 bits per heavy atom. The Morgan fingerprint density at radius 3 is 2.12 bits per heavy atom. The normalized spacial score (nSPS) is 12.7. The van der Waals surface area contributed by atoms with Crippen LogP contribution in [-0.4, -0.2) is 43.5 Å². The number of aromatic nitrogens is 4. The molecule has 0 saturated heterocycles. The number of aromatic amines is 1. The highest BCUT2D eigenvalue weighted by atomic mass is 35.5. The molecular formula is C15H20ClN5O4. The van der Waals surface area contributed by atoms with E-state index in [1.54, 1.807) is 41.5 Å². The zero-order valence-corrected chi connectivity index (χ0v) is 15.6. The zero-order chi connectivity index (χ0) is 19.9. The van der Waals surface area contributed by atoms with Crippen LogP contribution in [0.25, 0.3) is 11.0 Å². The van der Waals surface area contributed by atoms with Crippen LogP contribution in [0.15, 0.2) is 6.20 Å². The molecule has 0 aliphatic heterocycles. The van der Waals surface area contributed by atoms with Gasteiger partial charge in [-0.3, -0.25) is 5.09 Å². The van der Waals surface area contributed by atoms with Gasteiger partial charge in [0.15, 0.2) is 12.9 Å². The van der Waals surface area contributed by atoms with E-state index in [9.17, 15) is 9.59 Å². The van der Waals surface area contributed by atoms with Crippen molar-refractivity contribution in [2.45, 2.75) is 52.7 Å². The van der Waals surface area contributed by atoms with Crippen molar-refractivity contribution < 1.29 is 20.5 Å². The van der Waals surface area contributed by atoms with E-state index in [1.165, 1.54) is 6.20 Å². The van der Waals surface area contributed by atoms with Crippen molar-refractivity contribution in [1.29, 1.82) is 0 Å². The van der Waals surface area contributed by atoms with Gasteiger partial charge in [-0.05, 0) is 53.1 Å². The maximum absolute atomic E-state index is 12.7. The standard InChI is InChI=1S/C15H20ClN5O4/c1-14(2,3)24-12(22)21(13(23)25-15(4,5)6)10-8-7-17-20-9(8)18-11(16)19-10/h7H,1-6H3,(H,17,18,19,20)/i/hD. The molecule has 25 heavy (non-hydrogen) atoms. The van der Waals surface area contributed by atoms with Crippen LogP contribution in [0, 0.1) is 0 Å². The Balaban J connectivity index is 2.60. The summed E-state index contributed by atoms with van der Waals surface area (Å²) >= 11 is 5.89. The maximum Gasteiger partial charge on any atom is 0.425 e. The summed E-state index contributed by atoms with van der Waals surface area (Å²) in [5.41, 5.74) is -1.71. The second kappa shape index (κ2) is 6.47. The quantitative estimate of drug-likeness (QED) is 0.762. The molecular weight excluding hydrogens is 350 g/mol. The number of ether oxygens (including phenoxy) is 2. The van der Waals surface area contributed by atoms with E-state index in [4.69, 9.17) is 22.5 Å². The van der Waals surface area contributed by atoms with Crippen LogP contribution >= 0.6 is 11.6 Å². The highest BCUT2D eigenvalue weighted by Crippen LogP contribution is 2.27. The van der Waals surface area contributed by atoms with Crippen LogP contribution in [-0.2, 0) is 9.47 Å². The molecule has 10 heteroatoms. The third-order valence-electron chi connectivity index (χ3n) is 2.58. The van der Waals surface area contributed by atoms with E-state index in [1.807, 2.05) is 0 Å². The van der Waals surface area contributed by atoms with Crippen LogP contribution in [0.4, 0.5) is 15.4 Å². The summed E-state index contributed by atoms with van der Waals surface area (Å²) in [6.45, 7) is 9.93. The maximum atomic E-state index is 12.7. The molecule has 1 N–H and O–H groups in total. The Kier molecular flexibility index (Phi) is 4.51. The minimum absolute atomic E-state index is 0.0251. The number of H-pyrrole nitrogens is 1. The van der Waals surface area contributed by atoms with Crippen molar-refractivity contribution in [3.05, 3.63) is 11.5 Å². The lowest BCUT2D eigenvalue weighted by Gasteiger charge is -2.28. The number of hydrogen-bond acceptors (Lipinski definition) is 7. The second-order valence-corrected chi connectivity index (χ2v) is 7.53. The molecule has 2 rings (SSSR count). The number of nitrogens with one attached hydrogen (secondary N) is 1. The number of nitrogens with zero attached hydrogens (tertiary/aromatic N) is 4. The van der Waals surface area contributed by atoms with Gasteiger partial charge in [0.25, 0.3) is 0 Å². The van der Waals surface area contributed by atoms with Crippen molar-refractivity contribution >= 4 is 40.6 Å². The van der Waals surface area contributed by atoms with E-state index in [0.29, 0.717) is 9.99 Å². The summed E-state index contributed by atoms with van der Waals surface area (Å²) in [6.07, 6.45) is -0.753. The number of carbonyl (C=O) groups excluding carboxylic acids is 2. The molecule has 0 bridgehead atoms. The number of fused-ring (bicyclic) bond motifs is 1. The summed E-state index contributed by atoms with van der Waals surface area (Å²) in [4.78, 5) is 33.8. The minimum atomic E-state index is -0.999. The highest BCUT2D eigenvalue weighted by Gasteiger charge is 2.35. The number of carbonyl (C=O) groups is 2. The Bertz CT molecular complexity index is 828. The average Bonchev–Trinajstić information content (AvgIpc) is 2.76. The topological polar surface area (TPSA) is 110 Å². The fraction of sp³-hybridized carbons (Fsp3) is 0.533. The molecule has 2 amide bonds. The molecule has 0 saturated carbocycles. The molecule has 2 heterocycles.